The van der Waals surface area contributed by atoms with Crippen LogP contribution in [0.1, 0.15) is 58.8 Å². The van der Waals surface area contributed by atoms with E-state index in [0.29, 0.717) is 30.6 Å². The van der Waals surface area contributed by atoms with Gasteiger partial charge in [0, 0.05) is 6.42 Å². The molecule has 124 valence electrons. The van der Waals surface area contributed by atoms with E-state index in [1.54, 1.807) is 6.08 Å². The quantitative estimate of drug-likeness (QED) is 0.563. The normalized spacial score (nSPS) is 48.9. The predicted molar refractivity (Wildman–Crippen MR) is 89.6 cm³/mol. The smallest absolute Gasteiger partial charge is 0.155 e. The SMILES string of the molecule is C=C=C1CCC2C3C[C@H](F)C4=CC(=O)CC[C@]4(C)C3CC[C@]12C. The molecule has 0 aromatic rings. The molecule has 3 saturated carbocycles. The molecule has 4 aliphatic rings. The van der Waals surface area contributed by atoms with Crippen LogP contribution in [0.4, 0.5) is 4.39 Å². The van der Waals surface area contributed by atoms with E-state index in [1.165, 1.54) is 12.0 Å². The van der Waals surface area contributed by atoms with E-state index in [0.717, 1.165) is 31.3 Å². The zero-order chi connectivity index (χ0) is 16.4. The second kappa shape index (κ2) is 4.93. The lowest BCUT2D eigenvalue weighted by atomic mass is 9.47. The Hall–Kier alpha value is -1.14. The Morgan fingerprint density at radius 2 is 1.91 bits per heavy atom. The van der Waals surface area contributed by atoms with Crippen molar-refractivity contribution < 1.29 is 9.18 Å². The van der Waals surface area contributed by atoms with E-state index in [1.807, 2.05) is 0 Å². The summed E-state index contributed by atoms with van der Waals surface area (Å²) in [6.07, 6.45) is 7.35. The molecule has 0 aromatic carbocycles. The second-order valence-corrected chi connectivity index (χ2v) is 8.71. The Morgan fingerprint density at radius 3 is 2.65 bits per heavy atom. The minimum atomic E-state index is -0.926. The van der Waals surface area contributed by atoms with Gasteiger partial charge >= 0.3 is 0 Å². The molecular formula is C21H27FO. The summed E-state index contributed by atoms with van der Waals surface area (Å²) >= 11 is 0. The highest BCUT2D eigenvalue weighted by Crippen LogP contribution is 2.66. The van der Waals surface area contributed by atoms with Crippen molar-refractivity contribution >= 4 is 5.78 Å². The molecule has 0 bridgehead atoms. The van der Waals surface area contributed by atoms with Crippen LogP contribution in [0.3, 0.4) is 0 Å². The minimum absolute atomic E-state index is 0.0990. The first kappa shape index (κ1) is 15.4. The summed E-state index contributed by atoms with van der Waals surface area (Å²) in [6.45, 7) is 8.50. The zero-order valence-electron chi connectivity index (χ0n) is 14.3. The van der Waals surface area contributed by atoms with Gasteiger partial charge in [0.1, 0.15) is 6.17 Å². The van der Waals surface area contributed by atoms with Crippen molar-refractivity contribution in [1.82, 2.24) is 0 Å². The van der Waals surface area contributed by atoms with E-state index in [4.69, 9.17) is 0 Å². The number of fused-ring (bicyclic) bond motifs is 5. The molecule has 0 saturated heterocycles. The summed E-state index contributed by atoms with van der Waals surface area (Å²) in [5.41, 5.74) is 5.48. The van der Waals surface area contributed by atoms with Gasteiger partial charge in [-0.3, -0.25) is 4.79 Å². The largest absolute Gasteiger partial charge is 0.295 e. The molecule has 1 nitrogen and oxygen atoms in total. The standard InChI is InChI=1S/C21H27FO/c1-4-13-5-6-16-15-12-19(22)18-11-14(23)7-9-21(18,3)17(15)8-10-20(13,16)2/h11,15-17,19H,1,5-10,12H2,2-3H3/t15?,16?,17?,19-,20+,21+/m0/s1. The summed E-state index contributed by atoms with van der Waals surface area (Å²) in [5.74, 6) is 1.68. The van der Waals surface area contributed by atoms with Crippen LogP contribution in [-0.4, -0.2) is 12.0 Å². The van der Waals surface area contributed by atoms with Crippen molar-refractivity contribution in [3.63, 3.8) is 0 Å². The van der Waals surface area contributed by atoms with E-state index >= 15 is 4.39 Å². The Kier molecular flexibility index (Phi) is 3.30. The predicted octanol–water partition coefficient (Wildman–Crippen LogP) is 5.18. The molecule has 23 heavy (non-hydrogen) atoms. The van der Waals surface area contributed by atoms with Crippen LogP contribution in [-0.2, 0) is 4.79 Å². The third kappa shape index (κ3) is 1.94. The van der Waals surface area contributed by atoms with E-state index < -0.39 is 6.17 Å². The number of rotatable bonds is 0. The summed E-state index contributed by atoms with van der Waals surface area (Å²) < 4.78 is 15.0. The Balaban J connectivity index is 1.75. The molecule has 3 unspecified atom stereocenters. The van der Waals surface area contributed by atoms with Gasteiger partial charge in [-0.2, -0.15) is 0 Å². The van der Waals surface area contributed by atoms with Gasteiger partial charge in [0.05, 0.1) is 0 Å². The van der Waals surface area contributed by atoms with E-state index in [2.05, 4.69) is 26.2 Å². The maximum Gasteiger partial charge on any atom is 0.155 e. The molecule has 0 amide bonds. The molecule has 0 aliphatic heterocycles. The lowest BCUT2D eigenvalue weighted by Crippen LogP contribution is -2.52. The maximum absolute atomic E-state index is 15.0. The number of ketones is 1. The first-order valence-corrected chi connectivity index (χ1v) is 9.18. The highest BCUT2D eigenvalue weighted by atomic mass is 19.1. The lowest BCUT2D eigenvalue weighted by molar-refractivity contribution is -0.117. The lowest BCUT2D eigenvalue weighted by Gasteiger charge is -2.58. The minimum Gasteiger partial charge on any atom is -0.295 e. The summed E-state index contributed by atoms with van der Waals surface area (Å²) in [7, 11) is 0. The molecule has 0 N–H and O–H groups in total. The highest BCUT2D eigenvalue weighted by Gasteiger charge is 2.59. The Bertz CT molecular complexity index is 640. The molecule has 0 heterocycles. The van der Waals surface area contributed by atoms with Crippen molar-refractivity contribution in [2.24, 2.45) is 28.6 Å². The molecule has 0 aromatic heterocycles. The average Bonchev–Trinajstić information content (AvgIpc) is 2.86. The first-order chi connectivity index (χ1) is 10.9. The second-order valence-electron chi connectivity index (χ2n) is 8.71. The van der Waals surface area contributed by atoms with Crippen LogP contribution >= 0.6 is 0 Å². The van der Waals surface area contributed by atoms with E-state index in [-0.39, 0.29) is 16.6 Å². The van der Waals surface area contributed by atoms with Gasteiger partial charge in [0.2, 0.25) is 0 Å². The number of alkyl halides is 1. The van der Waals surface area contributed by atoms with E-state index in [9.17, 15) is 4.79 Å². The van der Waals surface area contributed by atoms with Gasteiger partial charge in [0.25, 0.3) is 0 Å². The van der Waals surface area contributed by atoms with Crippen LogP contribution in [0, 0.1) is 28.6 Å². The van der Waals surface area contributed by atoms with Crippen molar-refractivity contribution in [2.45, 2.75) is 65.0 Å². The number of halogens is 1. The number of hydrogen-bond donors (Lipinski definition) is 0. The molecule has 3 fully saturated rings. The van der Waals surface area contributed by atoms with Crippen molar-refractivity contribution in [1.29, 1.82) is 0 Å². The fraction of sp³-hybridized carbons (Fsp3) is 0.714. The van der Waals surface area contributed by atoms with Gasteiger partial charge in [-0.1, -0.05) is 20.4 Å². The zero-order valence-corrected chi connectivity index (χ0v) is 14.3. The number of hydrogen-bond acceptors (Lipinski definition) is 1. The number of allylic oxidation sites excluding steroid dienone is 2. The van der Waals surface area contributed by atoms with Gasteiger partial charge in [-0.05, 0) is 84.3 Å². The Labute approximate surface area is 138 Å². The third-order valence-electron chi connectivity index (χ3n) is 7.94. The van der Waals surface area contributed by atoms with Crippen LogP contribution in [0.25, 0.3) is 0 Å². The topological polar surface area (TPSA) is 17.1 Å². The van der Waals surface area contributed by atoms with Crippen molar-refractivity contribution in [2.75, 3.05) is 0 Å². The first-order valence-electron chi connectivity index (χ1n) is 9.18. The van der Waals surface area contributed by atoms with Crippen LogP contribution in [0.15, 0.2) is 29.5 Å². The molecule has 4 aliphatic carbocycles. The molecule has 2 heteroatoms. The average molecular weight is 314 g/mol. The fourth-order valence-electron chi connectivity index (χ4n) is 6.66. The van der Waals surface area contributed by atoms with Crippen LogP contribution in [0.2, 0.25) is 0 Å². The monoisotopic (exact) mass is 314 g/mol. The summed E-state index contributed by atoms with van der Waals surface area (Å²) in [6, 6.07) is 0. The van der Waals surface area contributed by atoms with Gasteiger partial charge in [-0.15, -0.1) is 5.73 Å². The third-order valence-corrected chi connectivity index (χ3v) is 7.94. The fourth-order valence-corrected chi connectivity index (χ4v) is 6.66. The van der Waals surface area contributed by atoms with Gasteiger partial charge < -0.3 is 0 Å². The molecule has 0 spiro atoms. The van der Waals surface area contributed by atoms with Crippen LogP contribution in [0.5, 0.6) is 0 Å². The van der Waals surface area contributed by atoms with Gasteiger partial charge in [-0.25, -0.2) is 4.39 Å². The maximum atomic E-state index is 15.0. The molecular weight excluding hydrogens is 287 g/mol. The van der Waals surface area contributed by atoms with Gasteiger partial charge in [0.15, 0.2) is 5.78 Å². The van der Waals surface area contributed by atoms with Crippen molar-refractivity contribution in [3.8, 4) is 0 Å². The summed E-state index contributed by atoms with van der Waals surface area (Å²) in [5, 5.41) is 0. The van der Waals surface area contributed by atoms with Crippen LogP contribution < -0.4 is 0 Å². The highest BCUT2D eigenvalue weighted by molar-refractivity contribution is 5.91. The summed E-state index contributed by atoms with van der Waals surface area (Å²) in [4.78, 5) is 11.8. The molecule has 4 rings (SSSR count). The molecule has 0 radical (unpaired) electrons. The van der Waals surface area contributed by atoms with Crippen molar-refractivity contribution in [3.05, 3.63) is 29.5 Å². The number of carbonyl (C=O) groups is 1. The Morgan fingerprint density at radius 1 is 1.17 bits per heavy atom. The number of carbonyl (C=O) groups excluding carboxylic acids is 1. The molecule has 6 atom stereocenters.